The first-order valence-electron chi connectivity index (χ1n) is 9.34. The summed E-state index contributed by atoms with van der Waals surface area (Å²) in [5, 5.41) is 0. The quantitative estimate of drug-likeness (QED) is 0.694. The van der Waals surface area contributed by atoms with Gasteiger partial charge >= 0.3 is 0 Å². The van der Waals surface area contributed by atoms with Gasteiger partial charge in [-0.1, -0.05) is 30.3 Å². The van der Waals surface area contributed by atoms with Crippen LogP contribution in [0.2, 0.25) is 0 Å². The van der Waals surface area contributed by atoms with E-state index in [-0.39, 0.29) is 18.6 Å². The molecule has 1 aliphatic heterocycles. The Hall–Kier alpha value is -3.34. The average molecular weight is 374 g/mol. The van der Waals surface area contributed by atoms with Crippen LogP contribution in [0.15, 0.2) is 73.1 Å². The second-order valence-electron chi connectivity index (χ2n) is 6.85. The number of fused-ring (bicyclic) bond motifs is 1. The molecule has 5 nitrogen and oxygen atoms in total. The normalized spacial score (nSPS) is 15.9. The Morgan fingerprint density at radius 2 is 2.00 bits per heavy atom. The van der Waals surface area contributed by atoms with Crippen molar-refractivity contribution in [3.63, 3.8) is 0 Å². The largest absolute Gasteiger partial charge is 0.491 e. The zero-order chi connectivity index (χ0) is 19.3. The number of nitrogens with zero attached hydrogens (tertiary/aromatic N) is 2. The first kappa shape index (κ1) is 18.0. The summed E-state index contributed by atoms with van der Waals surface area (Å²) in [6.45, 7) is 2.94. The Kier molecular flexibility index (Phi) is 5.24. The van der Waals surface area contributed by atoms with Crippen molar-refractivity contribution in [2.75, 3.05) is 13.2 Å². The van der Waals surface area contributed by atoms with Crippen molar-refractivity contribution in [1.29, 1.82) is 0 Å². The summed E-state index contributed by atoms with van der Waals surface area (Å²) >= 11 is 0. The summed E-state index contributed by atoms with van der Waals surface area (Å²) in [5.74, 6) is 1.45. The number of para-hydroxylation sites is 1. The van der Waals surface area contributed by atoms with E-state index in [1.807, 2.05) is 72.6 Å². The highest BCUT2D eigenvalue weighted by molar-refractivity contribution is 5.78. The Morgan fingerprint density at radius 3 is 2.79 bits per heavy atom. The Morgan fingerprint density at radius 1 is 1.14 bits per heavy atom. The van der Waals surface area contributed by atoms with E-state index in [2.05, 4.69) is 11.1 Å². The molecule has 2 heterocycles. The summed E-state index contributed by atoms with van der Waals surface area (Å²) in [4.78, 5) is 18.8. The van der Waals surface area contributed by atoms with Crippen molar-refractivity contribution in [2.45, 2.75) is 19.5 Å². The predicted octanol–water partition coefficient (Wildman–Crippen LogP) is 3.94. The molecule has 4 rings (SSSR count). The Labute approximate surface area is 164 Å². The van der Waals surface area contributed by atoms with Gasteiger partial charge in [-0.25, -0.2) is 0 Å². The van der Waals surface area contributed by atoms with Crippen LogP contribution in [0.4, 0.5) is 0 Å². The van der Waals surface area contributed by atoms with Gasteiger partial charge < -0.3 is 14.4 Å². The van der Waals surface area contributed by atoms with Crippen LogP contribution in [-0.2, 0) is 11.3 Å². The van der Waals surface area contributed by atoms with Crippen LogP contribution in [0.5, 0.6) is 11.5 Å². The van der Waals surface area contributed by atoms with Crippen molar-refractivity contribution in [2.24, 2.45) is 0 Å². The highest BCUT2D eigenvalue weighted by Gasteiger charge is 2.26. The van der Waals surface area contributed by atoms with Crippen LogP contribution < -0.4 is 9.47 Å². The zero-order valence-electron chi connectivity index (χ0n) is 15.7. The molecule has 1 atom stereocenters. The van der Waals surface area contributed by atoms with Gasteiger partial charge in [0, 0.05) is 30.1 Å². The average Bonchev–Trinajstić information content (AvgIpc) is 2.92. The van der Waals surface area contributed by atoms with Crippen LogP contribution in [0.3, 0.4) is 0 Å². The smallest absolute Gasteiger partial charge is 0.261 e. The van der Waals surface area contributed by atoms with E-state index < -0.39 is 0 Å². The number of carbonyl (C=O) groups excluding carboxylic acids is 1. The molecule has 0 N–H and O–H groups in total. The van der Waals surface area contributed by atoms with Crippen LogP contribution in [0, 0.1) is 0 Å². The minimum absolute atomic E-state index is 0.00594. The molecule has 3 aromatic rings. The first-order chi connectivity index (χ1) is 13.7. The number of benzene rings is 2. The maximum absolute atomic E-state index is 12.8. The van der Waals surface area contributed by atoms with Crippen molar-refractivity contribution in [3.05, 3.63) is 78.6 Å². The van der Waals surface area contributed by atoms with Gasteiger partial charge in [-0.3, -0.25) is 9.78 Å². The number of rotatable bonds is 4. The molecule has 0 radical (unpaired) electrons. The third-order valence-corrected chi connectivity index (χ3v) is 4.83. The lowest BCUT2D eigenvalue weighted by molar-refractivity contribution is -0.136. The van der Waals surface area contributed by atoms with Gasteiger partial charge in [-0.15, -0.1) is 0 Å². The highest BCUT2D eigenvalue weighted by atomic mass is 16.5. The van der Waals surface area contributed by atoms with E-state index >= 15 is 0 Å². The second kappa shape index (κ2) is 8.13. The van der Waals surface area contributed by atoms with Gasteiger partial charge in [-0.2, -0.15) is 0 Å². The van der Waals surface area contributed by atoms with Gasteiger partial charge in [0.05, 0.1) is 6.04 Å². The molecular formula is C23H22N2O3. The molecule has 142 valence electrons. The number of hydrogen-bond donors (Lipinski definition) is 0. The monoisotopic (exact) mass is 374 g/mol. The maximum Gasteiger partial charge on any atom is 0.261 e. The zero-order valence-corrected chi connectivity index (χ0v) is 15.7. The lowest BCUT2D eigenvalue weighted by Gasteiger charge is -2.26. The fourth-order valence-electron chi connectivity index (χ4n) is 3.28. The fourth-order valence-corrected chi connectivity index (χ4v) is 3.28. The van der Waals surface area contributed by atoms with Crippen LogP contribution in [0.25, 0.3) is 11.1 Å². The van der Waals surface area contributed by atoms with E-state index in [1.165, 1.54) is 0 Å². The van der Waals surface area contributed by atoms with Crippen molar-refractivity contribution in [3.8, 4) is 22.6 Å². The first-order valence-corrected chi connectivity index (χ1v) is 9.34. The van der Waals surface area contributed by atoms with Gasteiger partial charge in [-0.05, 0) is 42.8 Å². The van der Waals surface area contributed by atoms with Crippen LogP contribution >= 0.6 is 0 Å². The minimum Gasteiger partial charge on any atom is -0.491 e. The topological polar surface area (TPSA) is 51.7 Å². The molecule has 0 saturated heterocycles. The minimum atomic E-state index is -0.0559. The molecule has 0 fully saturated rings. The van der Waals surface area contributed by atoms with Gasteiger partial charge in [0.1, 0.15) is 18.1 Å². The van der Waals surface area contributed by atoms with Crippen molar-refractivity contribution >= 4 is 5.91 Å². The van der Waals surface area contributed by atoms with Crippen LogP contribution in [-0.4, -0.2) is 35.0 Å². The van der Waals surface area contributed by atoms with Gasteiger partial charge in [0.15, 0.2) is 6.61 Å². The number of aromatic nitrogens is 1. The molecule has 5 heteroatoms. The van der Waals surface area contributed by atoms with Gasteiger partial charge in [0.25, 0.3) is 5.91 Å². The molecule has 0 unspecified atom stereocenters. The molecule has 2 aromatic carbocycles. The lowest BCUT2D eigenvalue weighted by Crippen LogP contribution is -2.42. The van der Waals surface area contributed by atoms with Crippen molar-refractivity contribution in [1.82, 2.24) is 9.88 Å². The highest BCUT2D eigenvalue weighted by Crippen LogP contribution is 2.30. The molecule has 1 aromatic heterocycles. The third kappa shape index (κ3) is 3.98. The van der Waals surface area contributed by atoms with E-state index in [0.717, 1.165) is 22.4 Å². The predicted molar refractivity (Wildman–Crippen MR) is 107 cm³/mol. The molecule has 0 aliphatic carbocycles. The SMILES string of the molecule is C[C@H]1COc2ccc(-c3cccnc3)cc2CN1C(=O)COc1ccccc1. The maximum atomic E-state index is 12.8. The number of hydrogen-bond acceptors (Lipinski definition) is 4. The van der Waals surface area contributed by atoms with Crippen LogP contribution in [0.1, 0.15) is 12.5 Å². The molecular weight excluding hydrogens is 352 g/mol. The summed E-state index contributed by atoms with van der Waals surface area (Å²) in [6, 6.07) is 19.3. The molecule has 1 aliphatic rings. The lowest BCUT2D eigenvalue weighted by atomic mass is 10.0. The van der Waals surface area contributed by atoms with Gasteiger partial charge in [0.2, 0.25) is 0 Å². The fraction of sp³-hybridized carbons (Fsp3) is 0.217. The summed E-state index contributed by atoms with van der Waals surface area (Å²) < 4.78 is 11.6. The molecule has 0 spiro atoms. The number of amides is 1. The van der Waals surface area contributed by atoms with E-state index in [4.69, 9.17) is 9.47 Å². The summed E-state index contributed by atoms with van der Waals surface area (Å²) in [7, 11) is 0. The second-order valence-corrected chi connectivity index (χ2v) is 6.85. The third-order valence-electron chi connectivity index (χ3n) is 4.83. The van der Waals surface area contributed by atoms with E-state index in [9.17, 15) is 4.79 Å². The Bertz CT molecular complexity index is 945. The standard InChI is InChI=1S/C23H22N2O3/c1-17-15-28-22-10-9-18(19-6-5-11-24-13-19)12-20(22)14-25(17)23(26)16-27-21-7-3-2-4-8-21/h2-13,17H,14-16H2,1H3/t17-/m0/s1. The van der Waals surface area contributed by atoms with Crippen molar-refractivity contribution < 1.29 is 14.3 Å². The summed E-state index contributed by atoms with van der Waals surface area (Å²) in [5.41, 5.74) is 3.07. The number of ether oxygens (including phenoxy) is 2. The molecule has 1 amide bonds. The Balaban J connectivity index is 1.53. The summed E-state index contributed by atoms with van der Waals surface area (Å²) in [6.07, 6.45) is 3.59. The molecule has 28 heavy (non-hydrogen) atoms. The van der Waals surface area contributed by atoms with E-state index in [1.54, 1.807) is 6.20 Å². The molecule has 0 bridgehead atoms. The molecule has 0 saturated carbocycles. The van der Waals surface area contributed by atoms with E-state index in [0.29, 0.717) is 18.9 Å². The number of pyridine rings is 1. The number of carbonyl (C=O) groups is 1.